The van der Waals surface area contributed by atoms with E-state index in [1.165, 1.54) is 12.1 Å². The predicted octanol–water partition coefficient (Wildman–Crippen LogP) is 1.47. The van der Waals surface area contributed by atoms with Gasteiger partial charge in [-0.25, -0.2) is 4.98 Å². The lowest BCUT2D eigenvalue weighted by atomic mass is 10.1. The van der Waals surface area contributed by atoms with E-state index in [1.807, 2.05) is 0 Å². The second-order valence-corrected chi connectivity index (χ2v) is 4.74. The van der Waals surface area contributed by atoms with Gasteiger partial charge < -0.3 is 16.0 Å². The maximum absolute atomic E-state index is 11.0. The van der Waals surface area contributed by atoms with Gasteiger partial charge in [-0.15, -0.1) is 0 Å². The van der Waals surface area contributed by atoms with Crippen molar-refractivity contribution in [3.05, 3.63) is 22.2 Å². The Morgan fingerprint density at radius 2 is 2.42 bits per heavy atom. The maximum atomic E-state index is 11.0. The van der Waals surface area contributed by atoms with Gasteiger partial charge in [-0.3, -0.25) is 10.1 Å². The van der Waals surface area contributed by atoms with Crippen LogP contribution < -0.4 is 11.1 Å². The van der Waals surface area contributed by atoms with E-state index < -0.39 is 4.92 Å². The van der Waals surface area contributed by atoms with E-state index in [4.69, 9.17) is 5.73 Å². The Bertz CT molecular complexity index is 465. The third kappa shape index (κ3) is 3.31. The van der Waals surface area contributed by atoms with Gasteiger partial charge in [-0.2, -0.15) is 0 Å². The molecule has 0 aromatic carbocycles. The van der Waals surface area contributed by atoms with Gasteiger partial charge in [0.25, 0.3) is 0 Å². The van der Waals surface area contributed by atoms with Crippen LogP contribution in [0, 0.1) is 10.1 Å². The molecule has 1 aliphatic heterocycles. The minimum Gasteiger partial charge on any atom is -0.384 e. The van der Waals surface area contributed by atoms with E-state index >= 15 is 0 Å². The lowest BCUT2D eigenvalue weighted by Gasteiger charge is -2.32. The fourth-order valence-corrected chi connectivity index (χ4v) is 2.37. The molecule has 0 aliphatic carbocycles. The number of rotatable bonds is 4. The molecule has 1 saturated heterocycles. The molecule has 0 saturated carbocycles. The Kier molecular flexibility index (Phi) is 4.16. The van der Waals surface area contributed by atoms with Crippen molar-refractivity contribution in [3.63, 3.8) is 0 Å². The van der Waals surface area contributed by atoms with E-state index in [2.05, 4.69) is 22.1 Å². The molecule has 0 amide bonds. The monoisotopic (exact) mass is 265 g/mol. The lowest BCUT2D eigenvalue weighted by molar-refractivity contribution is -0.384. The molecule has 0 spiro atoms. The number of likely N-dealkylation sites (tertiary alicyclic amines) is 1. The number of nitrogens with two attached hydrogens (primary N) is 1. The van der Waals surface area contributed by atoms with Crippen LogP contribution in [0.5, 0.6) is 0 Å². The van der Waals surface area contributed by atoms with Gasteiger partial charge in [0.05, 0.1) is 4.92 Å². The van der Waals surface area contributed by atoms with E-state index in [1.54, 1.807) is 0 Å². The Morgan fingerprint density at radius 1 is 1.63 bits per heavy atom. The number of aromatic nitrogens is 1. The van der Waals surface area contributed by atoms with Crippen molar-refractivity contribution in [3.8, 4) is 0 Å². The number of nitro groups is 1. The van der Waals surface area contributed by atoms with Crippen LogP contribution in [0.25, 0.3) is 0 Å². The van der Waals surface area contributed by atoms with Gasteiger partial charge in [-0.05, 0) is 32.0 Å². The number of piperidine rings is 1. The van der Waals surface area contributed by atoms with Crippen LogP contribution in [-0.4, -0.2) is 40.5 Å². The zero-order valence-corrected chi connectivity index (χ0v) is 11.0. The quantitative estimate of drug-likeness (QED) is 0.632. The molecule has 19 heavy (non-hydrogen) atoms. The minimum absolute atomic E-state index is 0.0252. The summed E-state index contributed by atoms with van der Waals surface area (Å²) < 4.78 is 0. The van der Waals surface area contributed by atoms with E-state index in [-0.39, 0.29) is 23.4 Å². The van der Waals surface area contributed by atoms with Gasteiger partial charge in [-0.1, -0.05) is 6.92 Å². The molecular weight excluding hydrogens is 246 g/mol. The lowest BCUT2D eigenvalue weighted by Crippen LogP contribution is -2.42. The Hall–Kier alpha value is -1.89. The fraction of sp³-hybridized carbons (Fsp3) is 0.583. The molecule has 1 atom stereocenters. The summed E-state index contributed by atoms with van der Waals surface area (Å²) in [6.07, 6.45) is 2.08. The largest absolute Gasteiger partial charge is 0.384 e. The highest BCUT2D eigenvalue weighted by Crippen LogP contribution is 2.25. The average Bonchev–Trinajstić information content (AvgIpc) is 2.38. The molecule has 2 rings (SSSR count). The summed E-state index contributed by atoms with van der Waals surface area (Å²) in [5, 5.41) is 14.1. The zero-order valence-electron chi connectivity index (χ0n) is 11.0. The number of pyridine rings is 1. The molecule has 1 unspecified atom stereocenters. The predicted molar refractivity (Wildman–Crippen MR) is 74.1 cm³/mol. The molecule has 0 radical (unpaired) electrons. The standard InChI is InChI=1S/C12H19N5O2/c1-2-16-7-3-4-9(8-16)14-12-10(17(18)19)5-6-11(13)15-12/h5-6,9H,2-4,7-8H2,1H3,(H3,13,14,15). The normalized spacial score (nSPS) is 20.2. The Balaban J connectivity index is 2.13. The van der Waals surface area contributed by atoms with Crippen molar-refractivity contribution < 1.29 is 4.92 Å². The second kappa shape index (κ2) is 5.83. The Morgan fingerprint density at radius 3 is 3.11 bits per heavy atom. The van der Waals surface area contributed by atoms with Gasteiger partial charge in [0.1, 0.15) is 5.82 Å². The summed E-state index contributed by atoms with van der Waals surface area (Å²) >= 11 is 0. The third-order valence-electron chi connectivity index (χ3n) is 3.39. The number of nitrogen functional groups attached to an aromatic ring is 1. The smallest absolute Gasteiger partial charge is 0.311 e. The van der Waals surface area contributed by atoms with Crippen molar-refractivity contribution in [2.45, 2.75) is 25.8 Å². The first-order chi connectivity index (χ1) is 9.10. The van der Waals surface area contributed by atoms with E-state index in [0.29, 0.717) is 0 Å². The molecule has 1 aromatic heterocycles. The highest BCUT2D eigenvalue weighted by atomic mass is 16.6. The first-order valence-electron chi connectivity index (χ1n) is 6.50. The molecule has 104 valence electrons. The molecule has 1 aliphatic rings. The first kappa shape index (κ1) is 13.5. The molecule has 1 aromatic rings. The van der Waals surface area contributed by atoms with Gasteiger partial charge in [0.15, 0.2) is 0 Å². The van der Waals surface area contributed by atoms with Crippen molar-refractivity contribution in [1.82, 2.24) is 9.88 Å². The summed E-state index contributed by atoms with van der Waals surface area (Å²) in [5.41, 5.74) is 5.58. The number of anilines is 2. The minimum atomic E-state index is -0.435. The maximum Gasteiger partial charge on any atom is 0.311 e. The van der Waals surface area contributed by atoms with Crippen LogP contribution in [0.2, 0.25) is 0 Å². The van der Waals surface area contributed by atoms with Crippen molar-refractivity contribution in [2.24, 2.45) is 0 Å². The van der Waals surface area contributed by atoms with Crippen LogP contribution in [0.15, 0.2) is 12.1 Å². The average molecular weight is 265 g/mol. The summed E-state index contributed by atoms with van der Waals surface area (Å²) in [7, 11) is 0. The SMILES string of the molecule is CCN1CCCC(Nc2nc(N)ccc2[N+](=O)[O-])C1. The van der Waals surface area contributed by atoms with Crippen LogP contribution in [0.3, 0.4) is 0 Å². The number of nitrogens with one attached hydrogen (secondary N) is 1. The molecule has 1 fully saturated rings. The molecule has 3 N–H and O–H groups in total. The van der Waals surface area contributed by atoms with Crippen molar-refractivity contribution >= 4 is 17.3 Å². The van der Waals surface area contributed by atoms with Crippen molar-refractivity contribution in [2.75, 3.05) is 30.7 Å². The van der Waals surface area contributed by atoms with Gasteiger partial charge in [0, 0.05) is 18.7 Å². The zero-order chi connectivity index (χ0) is 13.8. The highest BCUT2D eigenvalue weighted by Gasteiger charge is 2.23. The molecule has 7 heteroatoms. The highest BCUT2D eigenvalue weighted by molar-refractivity contribution is 5.59. The summed E-state index contributed by atoms with van der Waals surface area (Å²) in [5.74, 6) is 0.559. The summed E-state index contributed by atoms with van der Waals surface area (Å²) in [4.78, 5) is 16.9. The summed E-state index contributed by atoms with van der Waals surface area (Å²) in [6.45, 7) is 5.07. The number of hydrogen-bond donors (Lipinski definition) is 2. The number of likely N-dealkylation sites (N-methyl/N-ethyl adjacent to an activating group) is 1. The molecule has 7 nitrogen and oxygen atoms in total. The molecule has 0 bridgehead atoms. The second-order valence-electron chi connectivity index (χ2n) is 4.74. The Labute approximate surface area is 112 Å². The fourth-order valence-electron chi connectivity index (χ4n) is 2.37. The number of nitrogens with zero attached hydrogens (tertiary/aromatic N) is 3. The third-order valence-corrected chi connectivity index (χ3v) is 3.39. The van der Waals surface area contributed by atoms with Crippen LogP contribution in [0.1, 0.15) is 19.8 Å². The van der Waals surface area contributed by atoms with Gasteiger partial charge >= 0.3 is 5.69 Å². The van der Waals surface area contributed by atoms with E-state index in [9.17, 15) is 10.1 Å². The van der Waals surface area contributed by atoms with Crippen LogP contribution in [-0.2, 0) is 0 Å². The molecule has 2 heterocycles. The molecular formula is C12H19N5O2. The van der Waals surface area contributed by atoms with Crippen LogP contribution in [0.4, 0.5) is 17.3 Å². The summed E-state index contributed by atoms with van der Waals surface area (Å²) in [6, 6.07) is 3.02. The van der Waals surface area contributed by atoms with Crippen molar-refractivity contribution in [1.29, 1.82) is 0 Å². The van der Waals surface area contributed by atoms with Gasteiger partial charge in [0.2, 0.25) is 5.82 Å². The first-order valence-corrected chi connectivity index (χ1v) is 6.50. The number of hydrogen-bond acceptors (Lipinski definition) is 6. The topological polar surface area (TPSA) is 97.3 Å². The van der Waals surface area contributed by atoms with Crippen LogP contribution >= 0.6 is 0 Å². The van der Waals surface area contributed by atoms with E-state index in [0.717, 1.165) is 32.5 Å².